The van der Waals surface area contributed by atoms with Crippen LogP contribution in [0.5, 0.6) is 0 Å². The first-order valence-electron chi connectivity index (χ1n) is 8.23. The number of thioether (sulfide) groups is 1. The molecule has 3 rings (SSSR count). The Labute approximate surface area is 156 Å². The van der Waals surface area contributed by atoms with Crippen molar-refractivity contribution in [3.05, 3.63) is 71.8 Å². The Kier molecular flexibility index (Phi) is 5.73. The molecule has 0 radical (unpaired) electrons. The molecule has 5 nitrogen and oxygen atoms in total. The largest absolute Gasteiger partial charge is 0.459 e. The Morgan fingerprint density at radius 2 is 1.77 bits per heavy atom. The van der Waals surface area contributed by atoms with Crippen LogP contribution < -0.4 is 0 Å². The minimum Gasteiger partial charge on any atom is -0.459 e. The number of benzene rings is 2. The second kappa shape index (κ2) is 8.19. The maximum absolute atomic E-state index is 12.8. The van der Waals surface area contributed by atoms with Crippen molar-refractivity contribution in [1.29, 1.82) is 0 Å². The molecule has 0 fully saturated rings. The van der Waals surface area contributed by atoms with Gasteiger partial charge in [0.05, 0.1) is 0 Å². The molecule has 1 aliphatic rings. The number of esters is 2. The number of hydrogen-bond acceptors (Lipinski definition) is 6. The van der Waals surface area contributed by atoms with Gasteiger partial charge in [-0.15, -0.1) is 0 Å². The third-order valence-electron chi connectivity index (χ3n) is 4.06. The van der Waals surface area contributed by atoms with E-state index in [1.54, 1.807) is 12.1 Å². The fourth-order valence-electron chi connectivity index (χ4n) is 2.60. The normalized spacial score (nSPS) is 19.0. The van der Waals surface area contributed by atoms with Crippen LogP contribution in [0.2, 0.25) is 0 Å². The number of cyclic esters (lactones) is 1. The lowest BCUT2D eigenvalue weighted by Crippen LogP contribution is -2.44. The van der Waals surface area contributed by atoms with Crippen LogP contribution in [-0.2, 0) is 25.7 Å². The van der Waals surface area contributed by atoms with Crippen LogP contribution in [0.1, 0.15) is 17.5 Å². The molecular weight excluding hydrogens is 350 g/mol. The maximum Gasteiger partial charge on any atom is 0.352 e. The Morgan fingerprint density at radius 3 is 2.42 bits per heavy atom. The van der Waals surface area contributed by atoms with Gasteiger partial charge in [0.25, 0.3) is 5.54 Å². The second-order valence-electron chi connectivity index (χ2n) is 5.84. The van der Waals surface area contributed by atoms with Crippen LogP contribution in [0.25, 0.3) is 0 Å². The highest BCUT2D eigenvalue weighted by molar-refractivity contribution is 7.98. The van der Waals surface area contributed by atoms with Gasteiger partial charge in [-0.05, 0) is 29.7 Å². The van der Waals surface area contributed by atoms with Crippen molar-refractivity contribution < 1.29 is 19.1 Å². The lowest BCUT2D eigenvalue weighted by Gasteiger charge is -2.19. The molecule has 0 bridgehead atoms. The summed E-state index contributed by atoms with van der Waals surface area (Å²) in [5, 5.41) is 0. The molecule has 0 aliphatic carbocycles. The van der Waals surface area contributed by atoms with E-state index in [9.17, 15) is 9.59 Å². The highest BCUT2D eigenvalue weighted by Crippen LogP contribution is 2.30. The molecular formula is C20H19NO4S. The van der Waals surface area contributed by atoms with Crippen LogP contribution >= 0.6 is 11.8 Å². The average Bonchev–Trinajstić information content (AvgIpc) is 3.03. The minimum atomic E-state index is -1.64. The van der Waals surface area contributed by atoms with E-state index in [4.69, 9.17) is 9.47 Å². The summed E-state index contributed by atoms with van der Waals surface area (Å²) < 4.78 is 10.7. The zero-order valence-electron chi connectivity index (χ0n) is 14.4. The van der Waals surface area contributed by atoms with Gasteiger partial charge in [-0.25, -0.2) is 14.6 Å². The molecule has 0 aromatic heterocycles. The lowest BCUT2D eigenvalue weighted by atomic mass is 9.98. The summed E-state index contributed by atoms with van der Waals surface area (Å²) in [6.45, 7) is 0.0875. The summed E-state index contributed by atoms with van der Waals surface area (Å²) in [5.41, 5.74) is -0.134. The highest BCUT2D eigenvalue weighted by Gasteiger charge is 2.53. The van der Waals surface area contributed by atoms with Crippen LogP contribution in [0.4, 0.5) is 0 Å². The van der Waals surface area contributed by atoms with Crippen molar-refractivity contribution >= 4 is 29.6 Å². The van der Waals surface area contributed by atoms with E-state index in [-0.39, 0.29) is 18.9 Å². The van der Waals surface area contributed by atoms with Crippen LogP contribution in [-0.4, -0.2) is 35.4 Å². The molecule has 1 heterocycles. The predicted molar refractivity (Wildman–Crippen MR) is 101 cm³/mol. The number of hydrogen-bond donors (Lipinski definition) is 0. The molecule has 0 unspecified atom stereocenters. The molecule has 0 saturated heterocycles. The number of nitrogens with zero attached hydrogens (tertiary/aromatic N) is 1. The molecule has 0 amide bonds. The maximum atomic E-state index is 12.8. The van der Waals surface area contributed by atoms with Gasteiger partial charge in [0.2, 0.25) is 5.90 Å². The van der Waals surface area contributed by atoms with E-state index < -0.39 is 17.5 Å². The third kappa shape index (κ3) is 3.80. The van der Waals surface area contributed by atoms with Crippen LogP contribution in [0.15, 0.2) is 65.7 Å². The van der Waals surface area contributed by atoms with Crippen molar-refractivity contribution in [2.24, 2.45) is 4.99 Å². The molecule has 26 heavy (non-hydrogen) atoms. The van der Waals surface area contributed by atoms with E-state index in [0.29, 0.717) is 11.3 Å². The fourth-order valence-corrected chi connectivity index (χ4v) is 3.10. The van der Waals surface area contributed by atoms with Gasteiger partial charge in [-0.2, -0.15) is 11.8 Å². The summed E-state index contributed by atoms with van der Waals surface area (Å²) in [5.74, 6) is -0.607. The topological polar surface area (TPSA) is 65.0 Å². The Morgan fingerprint density at radius 1 is 1.12 bits per heavy atom. The summed E-state index contributed by atoms with van der Waals surface area (Å²) in [4.78, 5) is 29.8. The van der Waals surface area contributed by atoms with Crippen LogP contribution in [0.3, 0.4) is 0 Å². The monoisotopic (exact) mass is 369 g/mol. The van der Waals surface area contributed by atoms with Gasteiger partial charge in [0.15, 0.2) is 0 Å². The first-order chi connectivity index (χ1) is 12.7. The molecule has 2 aromatic rings. The van der Waals surface area contributed by atoms with Crippen molar-refractivity contribution in [2.75, 3.05) is 12.0 Å². The van der Waals surface area contributed by atoms with E-state index in [1.807, 2.05) is 54.8 Å². The standard InChI is InChI=1S/C20H19NO4S/c1-26-13-12-20(18(22)24-14-15-8-4-2-5-9-15)19(23)25-17(21-20)16-10-6-3-7-11-16/h2-11H,12-14H2,1H3/t20-/m1/s1. The van der Waals surface area contributed by atoms with E-state index in [0.717, 1.165) is 5.56 Å². The van der Waals surface area contributed by atoms with Crippen molar-refractivity contribution in [3.8, 4) is 0 Å². The van der Waals surface area contributed by atoms with Crippen molar-refractivity contribution in [3.63, 3.8) is 0 Å². The average molecular weight is 369 g/mol. The lowest BCUT2D eigenvalue weighted by molar-refractivity contribution is -0.159. The second-order valence-corrected chi connectivity index (χ2v) is 6.82. The molecule has 0 saturated carbocycles. The quantitative estimate of drug-likeness (QED) is 0.554. The zero-order chi connectivity index (χ0) is 18.4. The summed E-state index contributed by atoms with van der Waals surface area (Å²) in [7, 11) is 0. The Hall–Kier alpha value is -2.60. The molecule has 1 aliphatic heterocycles. The van der Waals surface area contributed by atoms with Crippen LogP contribution in [0, 0.1) is 0 Å². The predicted octanol–water partition coefficient (Wildman–Crippen LogP) is 3.23. The summed E-state index contributed by atoms with van der Waals surface area (Å²) in [6, 6.07) is 18.4. The number of carbonyl (C=O) groups excluding carboxylic acids is 2. The van der Waals surface area contributed by atoms with Gasteiger partial charge in [-0.1, -0.05) is 48.5 Å². The van der Waals surface area contributed by atoms with Crippen molar-refractivity contribution in [1.82, 2.24) is 0 Å². The SMILES string of the molecule is CSCC[C@]1(C(=O)OCc2ccccc2)N=C(c2ccccc2)OC1=O. The fraction of sp³-hybridized carbons (Fsp3) is 0.250. The van der Waals surface area contributed by atoms with E-state index in [2.05, 4.69) is 4.99 Å². The van der Waals surface area contributed by atoms with Gasteiger partial charge >= 0.3 is 11.9 Å². The first-order valence-corrected chi connectivity index (χ1v) is 9.63. The smallest absolute Gasteiger partial charge is 0.352 e. The molecule has 0 spiro atoms. The van der Waals surface area contributed by atoms with E-state index in [1.165, 1.54) is 11.8 Å². The molecule has 1 atom stereocenters. The molecule has 2 aromatic carbocycles. The molecule has 0 N–H and O–H groups in total. The summed E-state index contributed by atoms with van der Waals surface area (Å²) >= 11 is 1.53. The Bertz CT molecular complexity index is 807. The number of carbonyl (C=O) groups is 2. The molecule has 6 heteroatoms. The first kappa shape index (κ1) is 18.2. The van der Waals surface area contributed by atoms with Gasteiger partial charge < -0.3 is 9.47 Å². The number of ether oxygens (including phenoxy) is 2. The summed E-state index contributed by atoms with van der Waals surface area (Å²) in [6.07, 6.45) is 2.14. The zero-order valence-corrected chi connectivity index (χ0v) is 15.2. The van der Waals surface area contributed by atoms with Gasteiger partial charge in [-0.3, -0.25) is 0 Å². The minimum absolute atomic E-state index is 0.0875. The highest BCUT2D eigenvalue weighted by atomic mass is 32.2. The van der Waals surface area contributed by atoms with Crippen molar-refractivity contribution in [2.45, 2.75) is 18.6 Å². The number of rotatable bonds is 7. The number of aliphatic imine (C=N–C) groups is 1. The van der Waals surface area contributed by atoms with Gasteiger partial charge in [0, 0.05) is 12.0 Å². The molecule has 134 valence electrons. The Balaban J connectivity index is 1.84. The van der Waals surface area contributed by atoms with E-state index >= 15 is 0 Å². The third-order valence-corrected chi connectivity index (χ3v) is 4.67. The van der Waals surface area contributed by atoms with Gasteiger partial charge in [0.1, 0.15) is 6.61 Å².